The normalized spacial score (nSPS) is 19.0. The lowest BCUT2D eigenvalue weighted by molar-refractivity contribution is -0.134. The summed E-state index contributed by atoms with van der Waals surface area (Å²) in [5.41, 5.74) is 7.14. The van der Waals surface area contributed by atoms with Gasteiger partial charge < -0.3 is 25.0 Å². The van der Waals surface area contributed by atoms with Gasteiger partial charge in [0, 0.05) is 45.1 Å². The second-order valence-electron chi connectivity index (χ2n) is 7.69. The molecule has 0 aliphatic carbocycles. The molecule has 1 aromatic rings. The molecule has 2 N–H and O–H groups in total. The van der Waals surface area contributed by atoms with E-state index in [9.17, 15) is 9.59 Å². The number of benzene rings is 1. The Morgan fingerprint density at radius 1 is 1.18 bits per heavy atom. The van der Waals surface area contributed by atoms with Gasteiger partial charge in [-0.15, -0.1) is 0 Å². The van der Waals surface area contributed by atoms with E-state index < -0.39 is 0 Å². The van der Waals surface area contributed by atoms with Crippen LogP contribution in [0.5, 0.6) is 11.5 Å². The third-order valence-corrected chi connectivity index (χ3v) is 5.85. The fraction of sp³-hybridized carbons (Fsp3) is 0.619. The van der Waals surface area contributed by atoms with Crippen LogP contribution < -0.4 is 15.2 Å². The van der Waals surface area contributed by atoms with E-state index in [0.717, 1.165) is 51.0 Å². The topological polar surface area (TPSA) is 85.1 Å². The van der Waals surface area contributed by atoms with Crippen LogP contribution in [0.15, 0.2) is 18.2 Å². The zero-order chi connectivity index (χ0) is 20.1. The summed E-state index contributed by atoms with van der Waals surface area (Å²) in [4.78, 5) is 28.4. The Hall–Kier alpha value is -2.28. The average Bonchev–Trinajstić information content (AvgIpc) is 3.12. The van der Waals surface area contributed by atoms with Gasteiger partial charge in [0.1, 0.15) is 0 Å². The van der Waals surface area contributed by atoms with Crippen LogP contribution >= 0.6 is 0 Å². The first-order valence-corrected chi connectivity index (χ1v) is 10.0. The van der Waals surface area contributed by atoms with Crippen LogP contribution in [-0.4, -0.2) is 62.0 Å². The molecule has 3 rings (SSSR count). The van der Waals surface area contributed by atoms with Crippen molar-refractivity contribution in [1.82, 2.24) is 9.80 Å². The Labute approximate surface area is 166 Å². The first-order chi connectivity index (χ1) is 13.5. The minimum Gasteiger partial charge on any atom is -0.493 e. The number of carbonyl (C=O) groups is 2. The van der Waals surface area contributed by atoms with Gasteiger partial charge in [-0.1, -0.05) is 6.07 Å². The Kier molecular flexibility index (Phi) is 6.78. The van der Waals surface area contributed by atoms with Gasteiger partial charge in [-0.05, 0) is 42.9 Å². The first kappa shape index (κ1) is 20.5. The summed E-state index contributed by atoms with van der Waals surface area (Å²) in [6.45, 7) is 3.21. The number of hydrogen-bond donors (Lipinski definition) is 1. The number of piperidine rings is 1. The van der Waals surface area contributed by atoms with Gasteiger partial charge in [0.05, 0.1) is 14.2 Å². The fourth-order valence-electron chi connectivity index (χ4n) is 4.09. The summed E-state index contributed by atoms with van der Waals surface area (Å²) < 4.78 is 10.6. The van der Waals surface area contributed by atoms with Crippen molar-refractivity contribution >= 4 is 11.8 Å². The summed E-state index contributed by atoms with van der Waals surface area (Å²) in [6, 6.07) is 5.13. The second kappa shape index (κ2) is 9.28. The molecule has 2 saturated heterocycles. The molecular weight excluding hydrogens is 358 g/mol. The molecule has 0 aromatic heterocycles. The average molecular weight is 389 g/mol. The number of nitrogens with two attached hydrogens (primary N) is 1. The maximum Gasteiger partial charge on any atom is 0.224 e. The standard InChI is InChI=1S/C21H31N3O4/c1-27-18-6-5-16(12-19(18)28-2)17(22)13-21(26)23-10-7-15(8-11-23)14-24-9-3-4-20(24)25/h5-6,12,15,17H,3-4,7-11,13-14,22H2,1-2H3/t17-/m1/s1. The number of rotatable bonds is 7. The zero-order valence-electron chi connectivity index (χ0n) is 16.9. The number of methoxy groups -OCH3 is 2. The molecule has 7 nitrogen and oxygen atoms in total. The van der Waals surface area contributed by atoms with Crippen molar-refractivity contribution in [2.24, 2.45) is 11.7 Å². The minimum atomic E-state index is -0.382. The van der Waals surface area contributed by atoms with Crippen LogP contribution in [-0.2, 0) is 9.59 Å². The van der Waals surface area contributed by atoms with Gasteiger partial charge in [-0.25, -0.2) is 0 Å². The number of nitrogens with zero attached hydrogens (tertiary/aromatic N) is 2. The molecule has 0 radical (unpaired) electrons. The summed E-state index contributed by atoms with van der Waals surface area (Å²) >= 11 is 0. The van der Waals surface area contributed by atoms with E-state index in [1.807, 2.05) is 28.0 Å². The van der Waals surface area contributed by atoms with Gasteiger partial charge in [0.25, 0.3) is 0 Å². The highest BCUT2D eigenvalue weighted by molar-refractivity contribution is 5.78. The molecule has 0 spiro atoms. The van der Waals surface area contributed by atoms with Crippen molar-refractivity contribution in [1.29, 1.82) is 0 Å². The molecular formula is C21H31N3O4. The molecule has 0 bridgehead atoms. The van der Waals surface area contributed by atoms with E-state index in [0.29, 0.717) is 23.8 Å². The highest BCUT2D eigenvalue weighted by Gasteiger charge is 2.28. The molecule has 2 amide bonds. The molecule has 2 fully saturated rings. The van der Waals surface area contributed by atoms with Crippen molar-refractivity contribution in [3.05, 3.63) is 23.8 Å². The molecule has 28 heavy (non-hydrogen) atoms. The van der Waals surface area contributed by atoms with Crippen molar-refractivity contribution in [2.75, 3.05) is 40.4 Å². The lowest BCUT2D eigenvalue weighted by Crippen LogP contribution is -2.42. The molecule has 2 aliphatic heterocycles. The number of likely N-dealkylation sites (tertiary alicyclic amines) is 2. The van der Waals surface area contributed by atoms with Gasteiger partial charge >= 0.3 is 0 Å². The van der Waals surface area contributed by atoms with E-state index in [-0.39, 0.29) is 24.3 Å². The van der Waals surface area contributed by atoms with Crippen molar-refractivity contribution < 1.29 is 19.1 Å². The molecule has 0 saturated carbocycles. The summed E-state index contributed by atoms with van der Waals surface area (Å²) in [7, 11) is 3.17. The van der Waals surface area contributed by atoms with Crippen LogP contribution in [0.4, 0.5) is 0 Å². The summed E-state index contributed by atoms with van der Waals surface area (Å²) in [5, 5.41) is 0. The maximum atomic E-state index is 12.7. The Morgan fingerprint density at radius 3 is 2.50 bits per heavy atom. The first-order valence-electron chi connectivity index (χ1n) is 10.0. The maximum absolute atomic E-state index is 12.7. The van der Waals surface area contributed by atoms with E-state index in [4.69, 9.17) is 15.2 Å². The summed E-state index contributed by atoms with van der Waals surface area (Å²) in [5.74, 6) is 2.10. The van der Waals surface area contributed by atoms with Gasteiger partial charge in [-0.3, -0.25) is 9.59 Å². The van der Waals surface area contributed by atoms with Crippen molar-refractivity contribution in [3.8, 4) is 11.5 Å². The van der Waals surface area contributed by atoms with Crippen molar-refractivity contribution in [2.45, 2.75) is 38.1 Å². The van der Waals surface area contributed by atoms with Crippen molar-refractivity contribution in [3.63, 3.8) is 0 Å². The molecule has 1 atom stereocenters. The van der Waals surface area contributed by atoms with Gasteiger partial charge in [0.15, 0.2) is 11.5 Å². The van der Waals surface area contributed by atoms with Crippen LogP contribution in [0.3, 0.4) is 0 Å². The summed E-state index contributed by atoms with van der Waals surface area (Å²) in [6.07, 6.45) is 3.82. The molecule has 1 aromatic carbocycles. The van der Waals surface area contributed by atoms with E-state index in [1.165, 1.54) is 0 Å². The van der Waals surface area contributed by atoms with Crippen LogP contribution in [0.25, 0.3) is 0 Å². The highest BCUT2D eigenvalue weighted by atomic mass is 16.5. The third-order valence-electron chi connectivity index (χ3n) is 5.85. The number of amides is 2. The molecule has 154 valence electrons. The second-order valence-corrected chi connectivity index (χ2v) is 7.69. The smallest absolute Gasteiger partial charge is 0.224 e. The number of carbonyl (C=O) groups excluding carboxylic acids is 2. The third kappa shape index (κ3) is 4.76. The molecule has 2 aliphatic rings. The molecule has 2 heterocycles. The number of ether oxygens (including phenoxy) is 2. The predicted molar refractivity (Wildman–Crippen MR) is 106 cm³/mol. The molecule has 7 heteroatoms. The van der Waals surface area contributed by atoms with Crippen LogP contribution in [0.2, 0.25) is 0 Å². The largest absolute Gasteiger partial charge is 0.493 e. The van der Waals surface area contributed by atoms with E-state index in [1.54, 1.807) is 14.2 Å². The lowest BCUT2D eigenvalue weighted by atomic mass is 9.95. The van der Waals surface area contributed by atoms with E-state index >= 15 is 0 Å². The quantitative estimate of drug-likeness (QED) is 0.770. The SMILES string of the molecule is COc1ccc([C@H](N)CC(=O)N2CCC(CN3CCCC3=O)CC2)cc1OC. The molecule has 0 unspecified atom stereocenters. The van der Waals surface area contributed by atoms with Gasteiger partial charge in [-0.2, -0.15) is 0 Å². The predicted octanol–water partition coefficient (Wildman–Crippen LogP) is 1.95. The van der Waals surface area contributed by atoms with Crippen LogP contribution in [0, 0.1) is 5.92 Å². The Balaban J connectivity index is 1.49. The fourth-order valence-corrected chi connectivity index (χ4v) is 4.09. The monoisotopic (exact) mass is 389 g/mol. The lowest BCUT2D eigenvalue weighted by Gasteiger charge is -2.34. The van der Waals surface area contributed by atoms with Gasteiger partial charge in [0.2, 0.25) is 11.8 Å². The Morgan fingerprint density at radius 2 is 1.89 bits per heavy atom. The zero-order valence-corrected chi connectivity index (χ0v) is 16.9. The number of hydrogen-bond acceptors (Lipinski definition) is 5. The van der Waals surface area contributed by atoms with E-state index in [2.05, 4.69) is 0 Å². The van der Waals surface area contributed by atoms with Crippen LogP contribution in [0.1, 0.15) is 43.7 Å². The highest BCUT2D eigenvalue weighted by Crippen LogP contribution is 2.30. The minimum absolute atomic E-state index is 0.0815. The Bertz CT molecular complexity index is 701.